The molecule has 3 rings (SSSR count). The first-order chi connectivity index (χ1) is 10.2. The molecule has 2 aromatic heterocycles. The maximum absolute atomic E-state index is 12.5. The van der Waals surface area contributed by atoms with Crippen molar-refractivity contribution in [2.45, 2.75) is 50.4 Å². The van der Waals surface area contributed by atoms with E-state index in [1.165, 1.54) is 18.2 Å². The molecule has 21 heavy (non-hydrogen) atoms. The third-order valence-corrected chi connectivity index (χ3v) is 5.02. The maximum atomic E-state index is 12.5. The summed E-state index contributed by atoms with van der Waals surface area (Å²) in [7, 11) is 0. The van der Waals surface area contributed by atoms with Gasteiger partial charge in [-0.1, -0.05) is 17.8 Å². The van der Waals surface area contributed by atoms with Crippen molar-refractivity contribution in [3.8, 4) is 0 Å². The molecule has 5 nitrogen and oxygen atoms in total. The zero-order valence-electron chi connectivity index (χ0n) is 12.4. The maximum Gasteiger partial charge on any atom is 0.233 e. The van der Waals surface area contributed by atoms with Crippen molar-refractivity contribution in [2.75, 3.05) is 5.75 Å². The average molecular weight is 304 g/mol. The van der Waals surface area contributed by atoms with Gasteiger partial charge in [-0.2, -0.15) is 0 Å². The molecule has 3 heterocycles. The number of pyridine rings is 1. The Morgan fingerprint density at radius 3 is 2.81 bits per heavy atom. The lowest BCUT2D eigenvalue weighted by molar-refractivity contribution is -0.134. The average Bonchev–Trinajstić information content (AvgIpc) is 2.88. The topological polar surface area (TPSA) is 50.5 Å². The summed E-state index contributed by atoms with van der Waals surface area (Å²) in [5, 5.41) is 9.04. The fourth-order valence-electron chi connectivity index (χ4n) is 3.03. The number of hydrogen-bond acceptors (Lipinski definition) is 4. The Morgan fingerprint density at radius 1 is 1.29 bits per heavy atom. The Morgan fingerprint density at radius 2 is 2.05 bits per heavy atom. The first-order valence-electron chi connectivity index (χ1n) is 7.40. The van der Waals surface area contributed by atoms with E-state index in [9.17, 15) is 4.79 Å². The second-order valence-corrected chi connectivity index (χ2v) is 6.57. The van der Waals surface area contributed by atoms with Gasteiger partial charge >= 0.3 is 0 Å². The summed E-state index contributed by atoms with van der Waals surface area (Å²) < 4.78 is 1.92. The first kappa shape index (κ1) is 14.4. The van der Waals surface area contributed by atoms with Crippen molar-refractivity contribution in [1.82, 2.24) is 19.5 Å². The molecule has 1 aliphatic heterocycles. The standard InChI is InChI=1S/C15H20N4OS/c1-11-6-5-7-12(2)19(11)14(20)10-21-15-17-16-13-8-3-4-9-18(13)15/h3-4,8-9,11-12H,5-7,10H2,1-2H3/t11-,12+. The zero-order valence-corrected chi connectivity index (χ0v) is 13.2. The number of fused-ring (bicyclic) bond motifs is 1. The van der Waals surface area contributed by atoms with E-state index >= 15 is 0 Å². The summed E-state index contributed by atoms with van der Waals surface area (Å²) in [6.45, 7) is 4.29. The van der Waals surface area contributed by atoms with E-state index in [1.807, 2.05) is 33.7 Å². The molecule has 1 aliphatic rings. The molecule has 1 saturated heterocycles. The molecule has 0 aromatic carbocycles. The van der Waals surface area contributed by atoms with Gasteiger partial charge in [0.15, 0.2) is 10.8 Å². The molecule has 112 valence electrons. The van der Waals surface area contributed by atoms with Crippen molar-refractivity contribution in [1.29, 1.82) is 0 Å². The number of amides is 1. The highest BCUT2D eigenvalue weighted by Gasteiger charge is 2.28. The molecule has 6 heteroatoms. The van der Waals surface area contributed by atoms with Crippen LogP contribution < -0.4 is 0 Å². The van der Waals surface area contributed by atoms with Gasteiger partial charge in [0.25, 0.3) is 0 Å². The summed E-state index contributed by atoms with van der Waals surface area (Å²) in [5.74, 6) is 0.622. The van der Waals surface area contributed by atoms with E-state index in [-0.39, 0.29) is 5.91 Å². The van der Waals surface area contributed by atoms with Crippen LogP contribution >= 0.6 is 11.8 Å². The molecule has 0 spiro atoms. The molecule has 1 amide bonds. The van der Waals surface area contributed by atoms with E-state index in [2.05, 4.69) is 24.0 Å². The SMILES string of the molecule is C[C@@H]1CCC[C@H](C)N1C(=O)CSc1nnc2ccccn12. The van der Waals surface area contributed by atoms with E-state index in [0.29, 0.717) is 17.8 Å². The monoisotopic (exact) mass is 304 g/mol. The van der Waals surface area contributed by atoms with Crippen molar-refractivity contribution < 1.29 is 4.79 Å². The van der Waals surface area contributed by atoms with E-state index in [4.69, 9.17) is 0 Å². The summed E-state index contributed by atoms with van der Waals surface area (Å²) in [5.41, 5.74) is 0.812. The lowest BCUT2D eigenvalue weighted by Crippen LogP contribution is -2.48. The molecule has 0 unspecified atom stereocenters. The van der Waals surface area contributed by atoms with Crippen LogP contribution in [0.1, 0.15) is 33.1 Å². The molecular formula is C15H20N4OS. The van der Waals surface area contributed by atoms with Crippen molar-refractivity contribution in [2.24, 2.45) is 0 Å². The van der Waals surface area contributed by atoms with Gasteiger partial charge in [0.2, 0.25) is 5.91 Å². The number of likely N-dealkylation sites (tertiary alicyclic amines) is 1. The van der Waals surface area contributed by atoms with Crippen LogP contribution in [0.5, 0.6) is 0 Å². The normalized spacial score (nSPS) is 22.7. The number of carbonyl (C=O) groups excluding carboxylic acids is 1. The Balaban J connectivity index is 1.68. The molecule has 2 atom stereocenters. The van der Waals surface area contributed by atoms with Crippen LogP contribution in [-0.2, 0) is 4.79 Å². The Labute approximate surface area is 128 Å². The zero-order chi connectivity index (χ0) is 14.8. The van der Waals surface area contributed by atoms with Gasteiger partial charge in [-0.05, 0) is 45.2 Å². The molecule has 0 bridgehead atoms. The lowest BCUT2D eigenvalue weighted by Gasteiger charge is -2.39. The first-order valence-corrected chi connectivity index (χ1v) is 8.39. The second kappa shape index (κ2) is 6.05. The molecule has 2 aromatic rings. The molecular weight excluding hydrogens is 284 g/mol. The quantitative estimate of drug-likeness (QED) is 0.818. The number of aromatic nitrogens is 3. The second-order valence-electron chi connectivity index (χ2n) is 5.63. The smallest absolute Gasteiger partial charge is 0.233 e. The predicted molar refractivity (Wildman–Crippen MR) is 83.3 cm³/mol. The molecule has 0 radical (unpaired) electrons. The minimum absolute atomic E-state index is 0.201. The Bertz CT molecular complexity index is 631. The van der Waals surface area contributed by atoms with Gasteiger partial charge < -0.3 is 4.90 Å². The van der Waals surface area contributed by atoms with E-state index < -0.39 is 0 Å². The number of thioether (sulfide) groups is 1. The summed E-state index contributed by atoms with van der Waals surface area (Å²) in [4.78, 5) is 14.5. The molecule has 0 N–H and O–H groups in total. The van der Waals surface area contributed by atoms with Gasteiger partial charge in [0, 0.05) is 18.3 Å². The number of piperidine rings is 1. The molecule has 0 saturated carbocycles. The lowest BCUT2D eigenvalue weighted by atomic mass is 9.98. The fourth-order valence-corrected chi connectivity index (χ4v) is 3.83. The van der Waals surface area contributed by atoms with Gasteiger partial charge in [0.1, 0.15) is 0 Å². The minimum atomic E-state index is 0.201. The van der Waals surface area contributed by atoms with Crippen LogP contribution in [0, 0.1) is 0 Å². The highest BCUT2D eigenvalue weighted by atomic mass is 32.2. The number of nitrogens with zero attached hydrogens (tertiary/aromatic N) is 4. The largest absolute Gasteiger partial charge is 0.337 e. The van der Waals surface area contributed by atoms with Crippen molar-refractivity contribution in [3.05, 3.63) is 24.4 Å². The van der Waals surface area contributed by atoms with Crippen LogP contribution in [-0.4, -0.2) is 43.2 Å². The fraction of sp³-hybridized carbons (Fsp3) is 0.533. The highest BCUT2D eigenvalue weighted by molar-refractivity contribution is 7.99. The van der Waals surface area contributed by atoms with Gasteiger partial charge in [-0.15, -0.1) is 10.2 Å². The van der Waals surface area contributed by atoms with Crippen molar-refractivity contribution in [3.63, 3.8) is 0 Å². The van der Waals surface area contributed by atoms with Crippen LogP contribution in [0.25, 0.3) is 5.65 Å². The van der Waals surface area contributed by atoms with E-state index in [0.717, 1.165) is 23.6 Å². The van der Waals surface area contributed by atoms with E-state index in [1.54, 1.807) is 0 Å². The number of rotatable bonds is 3. The summed E-state index contributed by atoms with van der Waals surface area (Å²) >= 11 is 1.46. The molecule has 0 aliphatic carbocycles. The summed E-state index contributed by atoms with van der Waals surface area (Å²) in [6, 6.07) is 6.47. The van der Waals surface area contributed by atoms with Crippen LogP contribution in [0.3, 0.4) is 0 Å². The Kier molecular flexibility index (Phi) is 4.14. The highest BCUT2D eigenvalue weighted by Crippen LogP contribution is 2.25. The Hall–Kier alpha value is -1.56. The molecule has 1 fully saturated rings. The minimum Gasteiger partial charge on any atom is -0.337 e. The van der Waals surface area contributed by atoms with Crippen LogP contribution in [0.15, 0.2) is 29.6 Å². The number of hydrogen-bond donors (Lipinski definition) is 0. The third kappa shape index (κ3) is 2.90. The van der Waals surface area contributed by atoms with Gasteiger partial charge in [-0.3, -0.25) is 9.20 Å². The predicted octanol–water partition coefficient (Wildman–Crippen LogP) is 2.61. The van der Waals surface area contributed by atoms with Crippen LogP contribution in [0.2, 0.25) is 0 Å². The van der Waals surface area contributed by atoms with Gasteiger partial charge in [-0.25, -0.2) is 0 Å². The summed E-state index contributed by atoms with van der Waals surface area (Å²) in [6.07, 6.45) is 5.35. The number of carbonyl (C=O) groups is 1. The van der Waals surface area contributed by atoms with Crippen LogP contribution in [0.4, 0.5) is 0 Å². The van der Waals surface area contributed by atoms with Gasteiger partial charge in [0.05, 0.1) is 5.75 Å². The van der Waals surface area contributed by atoms with Crippen molar-refractivity contribution >= 4 is 23.3 Å². The third-order valence-electron chi connectivity index (χ3n) is 4.09.